The molecule has 118 valence electrons. The van der Waals surface area contributed by atoms with Gasteiger partial charge in [-0.1, -0.05) is 30.3 Å². The Kier molecular flexibility index (Phi) is 6.89. The van der Waals surface area contributed by atoms with Crippen LogP contribution in [0.25, 0.3) is 0 Å². The highest BCUT2D eigenvalue weighted by Gasteiger charge is 2.14. The van der Waals surface area contributed by atoms with Crippen LogP contribution in [-0.4, -0.2) is 44.5 Å². The van der Waals surface area contributed by atoms with Gasteiger partial charge in [0.15, 0.2) is 5.76 Å². The highest BCUT2D eigenvalue weighted by atomic mass is 16.5. The zero-order valence-electron chi connectivity index (χ0n) is 13.3. The molecule has 1 aromatic carbocycles. The number of benzene rings is 1. The number of rotatable bonds is 7. The summed E-state index contributed by atoms with van der Waals surface area (Å²) in [5, 5.41) is 0. The number of ether oxygens (including phenoxy) is 2. The maximum absolute atomic E-state index is 12.3. The molecule has 0 unspecified atom stereocenters. The van der Waals surface area contributed by atoms with Crippen LogP contribution in [-0.2, 0) is 14.3 Å². The van der Waals surface area contributed by atoms with E-state index >= 15 is 0 Å². The Bertz CT molecular complexity index is 574. The Hall–Kier alpha value is -2.56. The van der Waals surface area contributed by atoms with Gasteiger partial charge in [0.25, 0.3) is 0 Å². The lowest BCUT2D eigenvalue weighted by Gasteiger charge is -2.15. The predicted octanol–water partition coefficient (Wildman–Crippen LogP) is 2.41. The molecule has 0 aromatic heterocycles. The number of hydrogen-bond donors (Lipinski definition) is 0. The van der Waals surface area contributed by atoms with E-state index in [2.05, 4.69) is 0 Å². The Morgan fingerprint density at radius 2 is 1.77 bits per heavy atom. The standard InChI is InChI=1S/C17H21NO4/c1-5-22-17(20)14(18(2)3)11-12-15(21-4)16(19)13-9-7-6-8-10-13/h6-12H,5H2,1-4H3. The number of Topliss-reactive ketones (excluding diaryl/α,β-unsaturated/α-hetero) is 1. The molecule has 1 rings (SSSR count). The highest BCUT2D eigenvalue weighted by Crippen LogP contribution is 2.11. The molecule has 0 amide bonds. The minimum atomic E-state index is -0.452. The quantitative estimate of drug-likeness (QED) is 0.254. The van der Waals surface area contributed by atoms with E-state index in [-0.39, 0.29) is 18.1 Å². The molecular weight excluding hydrogens is 282 g/mol. The predicted molar refractivity (Wildman–Crippen MR) is 84.3 cm³/mol. The van der Waals surface area contributed by atoms with Crippen molar-refractivity contribution in [2.45, 2.75) is 6.92 Å². The second kappa shape index (κ2) is 8.67. The maximum atomic E-state index is 12.3. The topological polar surface area (TPSA) is 55.8 Å². The van der Waals surface area contributed by atoms with Crippen LogP contribution in [0.15, 0.2) is 53.9 Å². The first-order valence-electron chi connectivity index (χ1n) is 6.91. The second-order valence-electron chi connectivity index (χ2n) is 4.60. The van der Waals surface area contributed by atoms with Crippen molar-refractivity contribution in [1.29, 1.82) is 0 Å². The van der Waals surface area contributed by atoms with Gasteiger partial charge in [-0.25, -0.2) is 4.79 Å². The van der Waals surface area contributed by atoms with Gasteiger partial charge in [0.05, 0.1) is 13.7 Å². The summed E-state index contributed by atoms with van der Waals surface area (Å²) in [6, 6.07) is 8.80. The molecule has 0 saturated heterocycles. The van der Waals surface area contributed by atoms with E-state index in [1.807, 2.05) is 6.07 Å². The molecule has 0 bridgehead atoms. The first-order chi connectivity index (χ1) is 10.5. The SMILES string of the molecule is CCOC(=O)C(=CC=C(OC)C(=O)c1ccccc1)N(C)C. The monoisotopic (exact) mass is 303 g/mol. The average Bonchev–Trinajstić information content (AvgIpc) is 2.51. The summed E-state index contributed by atoms with van der Waals surface area (Å²) in [6.07, 6.45) is 2.99. The zero-order valence-corrected chi connectivity index (χ0v) is 13.3. The molecule has 0 radical (unpaired) electrons. The smallest absolute Gasteiger partial charge is 0.354 e. The van der Waals surface area contributed by atoms with E-state index in [0.29, 0.717) is 11.3 Å². The number of carbonyl (C=O) groups is 2. The summed E-state index contributed by atoms with van der Waals surface area (Å²) >= 11 is 0. The molecule has 0 spiro atoms. The summed E-state index contributed by atoms with van der Waals surface area (Å²) in [5.74, 6) is -0.553. The highest BCUT2D eigenvalue weighted by molar-refractivity contribution is 6.07. The van der Waals surface area contributed by atoms with Gasteiger partial charge >= 0.3 is 5.97 Å². The van der Waals surface area contributed by atoms with Crippen molar-refractivity contribution in [3.05, 3.63) is 59.5 Å². The molecule has 0 aliphatic rings. The van der Waals surface area contributed by atoms with Crippen LogP contribution in [0.5, 0.6) is 0 Å². The summed E-state index contributed by atoms with van der Waals surface area (Å²) in [4.78, 5) is 25.8. The molecule has 22 heavy (non-hydrogen) atoms. The number of methoxy groups -OCH3 is 1. The summed E-state index contributed by atoms with van der Waals surface area (Å²) < 4.78 is 10.1. The van der Waals surface area contributed by atoms with Crippen LogP contribution in [0.3, 0.4) is 0 Å². The van der Waals surface area contributed by atoms with E-state index in [4.69, 9.17) is 9.47 Å². The number of allylic oxidation sites excluding steroid dienone is 3. The van der Waals surface area contributed by atoms with Crippen molar-refractivity contribution >= 4 is 11.8 Å². The molecule has 5 heteroatoms. The van der Waals surface area contributed by atoms with Crippen LogP contribution in [0.4, 0.5) is 0 Å². The van der Waals surface area contributed by atoms with E-state index in [9.17, 15) is 9.59 Å². The fourth-order valence-corrected chi connectivity index (χ4v) is 1.73. The van der Waals surface area contributed by atoms with E-state index in [1.54, 1.807) is 50.2 Å². The number of carbonyl (C=O) groups excluding carboxylic acids is 2. The van der Waals surface area contributed by atoms with Gasteiger partial charge in [-0.2, -0.15) is 0 Å². The fraction of sp³-hybridized carbons (Fsp3) is 0.294. The van der Waals surface area contributed by atoms with Gasteiger partial charge in [0.2, 0.25) is 5.78 Å². The number of esters is 1. The molecule has 0 aliphatic carbocycles. The number of likely N-dealkylation sites (N-methyl/N-ethyl adjacent to an activating group) is 1. The number of nitrogens with zero attached hydrogens (tertiary/aromatic N) is 1. The fourth-order valence-electron chi connectivity index (χ4n) is 1.73. The van der Waals surface area contributed by atoms with E-state index in [1.165, 1.54) is 19.3 Å². The van der Waals surface area contributed by atoms with Crippen LogP contribution < -0.4 is 0 Å². The first kappa shape index (κ1) is 17.5. The van der Waals surface area contributed by atoms with Gasteiger partial charge in [-0.3, -0.25) is 4.79 Å². The van der Waals surface area contributed by atoms with E-state index < -0.39 is 5.97 Å². The summed E-state index contributed by atoms with van der Waals surface area (Å²) in [7, 11) is 4.87. The van der Waals surface area contributed by atoms with E-state index in [0.717, 1.165) is 0 Å². The van der Waals surface area contributed by atoms with Crippen LogP contribution in [0.1, 0.15) is 17.3 Å². The van der Waals surface area contributed by atoms with Crippen LogP contribution in [0, 0.1) is 0 Å². The zero-order chi connectivity index (χ0) is 16.5. The van der Waals surface area contributed by atoms with Gasteiger partial charge in [-0.05, 0) is 19.1 Å². The third-order valence-electron chi connectivity index (χ3n) is 2.84. The normalized spacial score (nSPS) is 11.8. The molecule has 1 aromatic rings. The van der Waals surface area contributed by atoms with Crippen molar-refractivity contribution in [2.24, 2.45) is 0 Å². The lowest BCUT2D eigenvalue weighted by atomic mass is 10.1. The lowest BCUT2D eigenvalue weighted by molar-refractivity contribution is -0.140. The first-order valence-corrected chi connectivity index (χ1v) is 6.91. The van der Waals surface area contributed by atoms with Crippen molar-refractivity contribution in [3.8, 4) is 0 Å². The molecular formula is C17H21NO4. The van der Waals surface area contributed by atoms with Crippen molar-refractivity contribution < 1.29 is 19.1 Å². The Morgan fingerprint density at radius 3 is 2.27 bits per heavy atom. The average molecular weight is 303 g/mol. The third kappa shape index (κ3) is 4.77. The van der Waals surface area contributed by atoms with Crippen molar-refractivity contribution in [2.75, 3.05) is 27.8 Å². The van der Waals surface area contributed by atoms with Gasteiger partial charge < -0.3 is 14.4 Å². The lowest BCUT2D eigenvalue weighted by Crippen LogP contribution is -2.21. The van der Waals surface area contributed by atoms with Crippen LogP contribution >= 0.6 is 0 Å². The van der Waals surface area contributed by atoms with Crippen LogP contribution in [0.2, 0.25) is 0 Å². The molecule has 0 N–H and O–H groups in total. The maximum Gasteiger partial charge on any atom is 0.354 e. The minimum absolute atomic E-state index is 0.148. The molecule has 0 saturated carbocycles. The minimum Gasteiger partial charge on any atom is -0.493 e. The number of hydrogen-bond acceptors (Lipinski definition) is 5. The Morgan fingerprint density at radius 1 is 1.14 bits per heavy atom. The Labute approximate surface area is 130 Å². The molecule has 0 aliphatic heterocycles. The third-order valence-corrected chi connectivity index (χ3v) is 2.84. The molecule has 0 heterocycles. The van der Waals surface area contributed by atoms with Crippen molar-refractivity contribution in [3.63, 3.8) is 0 Å². The Balaban J connectivity index is 3.06. The largest absolute Gasteiger partial charge is 0.493 e. The summed E-state index contributed by atoms with van der Waals surface area (Å²) in [6.45, 7) is 2.02. The number of ketones is 1. The van der Waals surface area contributed by atoms with Gasteiger partial charge in [0, 0.05) is 19.7 Å². The van der Waals surface area contributed by atoms with Gasteiger partial charge in [-0.15, -0.1) is 0 Å². The van der Waals surface area contributed by atoms with Crippen molar-refractivity contribution in [1.82, 2.24) is 4.90 Å². The van der Waals surface area contributed by atoms with Gasteiger partial charge in [0.1, 0.15) is 5.70 Å². The second-order valence-corrected chi connectivity index (χ2v) is 4.60. The molecule has 0 fully saturated rings. The molecule has 5 nitrogen and oxygen atoms in total. The molecule has 0 atom stereocenters. The summed E-state index contributed by atoms with van der Waals surface area (Å²) in [5.41, 5.74) is 0.851.